The van der Waals surface area contributed by atoms with Gasteiger partial charge in [0.2, 0.25) is 0 Å². The van der Waals surface area contributed by atoms with Crippen molar-refractivity contribution < 1.29 is 5.11 Å². The Labute approximate surface area is 99.8 Å². The van der Waals surface area contributed by atoms with Crippen LogP contribution in [0.15, 0.2) is 0 Å². The fraction of sp³-hybridized carbons (Fsp3) is 1.00. The lowest BCUT2D eigenvalue weighted by Gasteiger charge is -2.27. The minimum Gasteiger partial charge on any atom is -0.389 e. The van der Waals surface area contributed by atoms with Crippen molar-refractivity contribution in [1.29, 1.82) is 0 Å². The van der Waals surface area contributed by atoms with Gasteiger partial charge in [-0.05, 0) is 38.0 Å². The summed E-state index contributed by atoms with van der Waals surface area (Å²) in [6.45, 7) is 3.10. The molecule has 0 amide bonds. The average molecular weight is 225 g/mol. The Hall–Kier alpha value is -0.0800. The molecule has 0 saturated heterocycles. The van der Waals surface area contributed by atoms with Crippen LogP contribution in [-0.2, 0) is 0 Å². The van der Waals surface area contributed by atoms with E-state index in [9.17, 15) is 5.11 Å². The second kappa shape index (κ2) is 5.50. The van der Waals surface area contributed by atoms with Crippen LogP contribution in [0.3, 0.4) is 0 Å². The molecule has 2 rings (SSSR count). The first kappa shape index (κ1) is 12.4. The highest BCUT2D eigenvalue weighted by Gasteiger charge is 2.32. The predicted molar refractivity (Wildman–Crippen MR) is 67.5 cm³/mol. The SMILES string of the molecule is CCCC1CCCC(O)(CNC2CC2)CC1. The van der Waals surface area contributed by atoms with Gasteiger partial charge >= 0.3 is 0 Å². The first-order valence-corrected chi connectivity index (χ1v) is 7.17. The Morgan fingerprint density at radius 3 is 2.69 bits per heavy atom. The van der Waals surface area contributed by atoms with Crippen LogP contribution in [0.2, 0.25) is 0 Å². The number of hydrogen-bond donors (Lipinski definition) is 2. The lowest BCUT2D eigenvalue weighted by molar-refractivity contribution is 0.0239. The molecular weight excluding hydrogens is 198 g/mol. The van der Waals surface area contributed by atoms with E-state index in [1.807, 2.05) is 0 Å². The number of rotatable bonds is 5. The van der Waals surface area contributed by atoms with Gasteiger partial charge in [0.25, 0.3) is 0 Å². The standard InChI is InChI=1S/C14H27NO/c1-2-4-12-5-3-9-14(16,10-8-12)11-15-13-6-7-13/h12-13,15-16H,2-11H2,1H3. The van der Waals surface area contributed by atoms with Crippen LogP contribution in [0.5, 0.6) is 0 Å². The molecule has 2 unspecified atom stereocenters. The van der Waals surface area contributed by atoms with Crippen molar-refractivity contribution in [1.82, 2.24) is 5.32 Å². The van der Waals surface area contributed by atoms with E-state index >= 15 is 0 Å². The van der Waals surface area contributed by atoms with Gasteiger partial charge in [-0.15, -0.1) is 0 Å². The Balaban J connectivity index is 1.76. The first-order chi connectivity index (χ1) is 7.72. The Kier molecular flexibility index (Phi) is 4.26. The quantitative estimate of drug-likeness (QED) is 0.705. The van der Waals surface area contributed by atoms with Gasteiger partial charge in [-0.3, -0.25) is 0 Å². The second-order valence-electron chi connectivity index (χ2n) is 5.97. The van der Waals surface area contributed by atoms with E-state index in [4.69, 9.17) is 0 Å². The van der Waals surface area contributed by atoms with Gasteiger partial charge in [-0.25, -0.2) is 0 Å². The maximum atomic E-state index is 10.6. The number of nitrogens with one attached hydrogen (secondary N) is 1. The summed E-state index contributed by atoms with van der Waals surface area (Å²) in [5.74, 6) is 0.875. The molecule has 0 aromatic rings. The molecule has 2 nitrogen and oxygen atoms in total. The predicted octanol–water partition coefficient (Wildman–Crippen LogP) is 2.85. The second-order valence-corrected chi connectivity index (χ2v) is 5.97. The Morgan fingerprint density at radius 1 is 1.19 bits per heavy atom. The summed E-state index contributed by atoms with van der Waals surface area (Å²) in [4.78, 5) is 0. The summed E-state index contributed by atoms with van der Waals surface area (Å²) in [7, 11) is 0. The zero-order chi connectivity index (χ0) is 11.4. The third-order valence-electron chi connectivity index (χ3n) is 4.27. The van der Waals surface area contributed by atoms with Gasteiger partial charge < -0.3 is 10.4 Å². The minimum absolute atomic E-state index is 0.398. The maximum absolute atomic E-state index is 10.6. The molecule has 0 bridgehead atoms. The molecule has 2 atom stereocenters. The summed E-state index contributed by atoms with van der Waals surface area (Å²) in [5, 5.41) is 14.0. The summed E-state index contributed by atoms with van der Waals surface area (Å²) in [5.41, 5.74) is -0.398. The summed E-state index contributed by atoms with van der Waals surface area (Å²) in [6.07, 6.45) is 11.1. The third-order valence-corrected chi connectivity index (χ3v) is 4.27. The smallest absolute Gasteiger partial charge is 0.0771 e. The monoisotopic (exact) mass is 225 g/mol. The van der Waals surface area contributed by atoms with Crippen LogP contribution in [0.4, 0.5) is 0 Å². The minimum atomic E-state index is -0.398. The summed E-state index contributed by atoms with van der Waals surface area (Å²) in [6, 6.07) is 0.721. The van der Waals surface area contributed by atoms with E-state index in [-0.39, 0.29) is 0 Å². The molecule has 2 aliphatic rings. The van der Waals surface area contributed by atoms with E-state index in [1.165, 1.54) is 44.9 Å². The van der Waals surface area contributed by atoms with E-state index in [0.717, 1.165) is 31.3 Å². The molecule has 0 heterocycles. The molecule has 94 valence electrons. The maximum Gasteiger partial charge on any atom is 0.0771 e. The van der Waals surface area contributed by atoms with Gasteiger partial charge in [-0.2, -0.15) is 0 Å². The van der Waals surface area contributed by atoms with Crippen molar-refractivity contribution in [2.24, 2.45) is 5.92 Å². The molecule has 2 heteroatoms. The zero-order valence-electron chi connectivity index (χ0n) is 10.7. The number of aliphatic hydroxyl groups is 1. The molecular formula is C14H27NO. The van der Waals surface area contributed by atoms with E-state index in [2.05, 4.69) is 12.2 Å². The fourth-order valence-corrected chi connectivity index (χ4v) is 2.96. The van der Waals surface area contributed by atoms with Gasteiger partial charge in [0.15, 0.2) is 0 Å². The summed E-state index contributed by atoms with van der Waals surface area (Å²) >= 11 is 0. The van der Waals surface area contributed by atoms with Crippen LogP contribution >= 0.6 is 0 Å². The van der Waals surface area contributed by atoms with E-state index in [1.54, 1.807) is 0 Å². The zero-order valence-corrected chi connectivity index (χ0v) is 10.7. The van der Waals surface area contributed by atoms with Crippen molar-refractivity contribution in [3.8, 4) is 0 Å². The average Bonchev–Trinajstić information content (AvgIpc) is 3.06. The van der Waals surface area contributed by atoms with Crippen LogP contribution in [0.25, 0.3) is 0 Å². The molecule has 0 spiro atoms. The van der Waals surface area contributed by atoms with Crippen molar-refractivity contribution in [3.63, 3.8) is 0 Å². The topological polar surface area (TPSA) is 32.3 Å². The molecule has 0 radical (unpaired) electrons. The highest BCUT2D eigenvalue weighted by Crippen LogP contribution is 2.32. The lowest BCUT2D eigenvalue weighted by atomic mass is 9.92. The lowest BCUT2D eigenvalue weighted by Crippen LogP contribution is -2.41. The van der Waals surface area contributed by atoms with Crippen molar-refractivity contribution in [2.75, 3.05) is 6.54 Å². The molecule has 0 aliphatic heterocycles. The highest BCUT2D eigenvalue weighted by molar-refractivity contribution is 4.89. The first-order valence-electron chi connectivity index (χ1n) is 7.17. The van der Waals surface area contributed by atoms with Crippen LogP contribution in [0, 0.1) is 5.92 Å². The van der Waals surface area contributed by atoms with Crippen LogP contribution in [0.1, 0.15) is 64.7 Å². The van der Waals surface area contributed by atoms with E-state index in [0.29, 0.717) is 0 Å². The Bertz CT molecular complexity index is 215. The molecule has 2 aliphatic carbocycles. The van der Waals surface area contributed by atoms with E-state index < -0.39 is 5.60 Å². The largest absolute Gasteiger partial charge is 0.389 e. The molecule has 0 aromatic heterocycles. The van der Waals surface area contributed by atoms with Crippen LogP contribution in [-0.4, -0.2) is 23.3 Å². The normalized spacial score (nSPS) is 36.0. The van der Waals surface area contributed by atoms with Gasteiger partial charge in [0.1, 0.15) is 0 Å². The molecule has 2 N–H and O–H groups in total. The van der Waals surface area contributed by atoms with Gasteiger partial charge in [0.05, 0.1) is 5.60 Å². The van der Waals surface area contributed by atoms with Gasteiger partial charge in [0, 0.05) is 12.6 Å². The van der Waals surface area contributed by atoms with Crippen LogP contribution < -0.4 is 5.32 Å². The molecule has 16 heavy (non-hydrogen) atoms. The van der Waals surface area contributed by atoms with Crippen molar-refractivity contribution in [2.45, 2.75) is 76.4 Å². The number of hydrogen-bond acceptors (Lipinski definition) is 2. The van der Waals surface area contributed by atoms with Crippen molar-refractivity contribution >= 4 is 0 Å². The third kappa shape index (κ3) is 3.74. The molecule has 0 aromatic carbocycles. The Morgan fingerprint density at radius 2 is 2.00 bits per heavy atom. The van der Waals surface area contributed by atoms with Crippen molar-refractivity contribution in [3.05, 3.63) is 0 Å². The van der Waals surface area contributed by atoms with Gasteiger partial charge in [-0.1, -0.05) is 32.6 Å². The molecule has 2 saturated carbocycles. The molecule has 2 fully saturated rings. The fourth-order valence-electron chi connectivity index (χ4n) is 2.96. The summed E-state index contributed by atoms with van der Waals surface area (Å²) < 4.78 is 0. The highest BCUT2D eigenvalue weighted by atomic mass is 16.3.